The van der Waals surface area contributed by atoms with Gasteiger partial charge in [0.1, 0.15) is 0 Å². The van der Waals surface area contributed by atoms with Crippen molar-refractivity contribution in [1.82, 2.24) is 9.29 Å². The van der Waals surface area contributed by atoms with E-state index in [-0.39, 0.29) is 0 Å². The molecule has 1 saturated heterocycles. The van der Waals surface area contributed by atoms with Gasteiger partial charge in [0.05, 0.1) is 5.69 Å². The number of aromatic nitrogens is 1. The van der Waals surface area contributed by atoms with Crippen LogP contribution in [0.5, 0.6) is 0 Å². The van der Waals surface area contributed by atoms with E-state index < -0.39 is 10.2 Å². The van der Waals surface area contributed by atoms with Gasteiger partial charge in [-0.05, 0) is 6.07 Å². The average molecular weight is 187 g/mol. The lowest BCUT2D eigenvalue weighted by Crippen LogP contribution is -2.20. The van der Waals surface area contributed by atoms with Crippen LogP contribution >= 0.6 is 0 Å². The second-order valence-corrected chi connectivity index (χ2v) is 4.28. The van der Waals surface area contributed by atoms with Crippen LogP contribution in [0.4, 0.5) is 5.69 Å². The van der Waals surface area contributed by atoms with Crippen LogP contribution in [0.15, 0.2) is 18.5 Å². The van der Waals surface area contributed by atoms with Crippen molar-refractivity contribution in [2.24, 2.45) is 0 Å². The lowest BCUT2D eigenvalue weighted by molar-refractivity contribution is 0.569. The molecule has 2 heterocycles. The lowest BCUT2D eigenvalue weighted by atomic mass is 10.6. The summed E-state index contributed by atoms with van der Waals surface area (Å²) in [6.07, 6.45) is 3.27. The van der Waals surface area contributed by atoms with E-state index in [2.05, 4.69) is 9.71 Å². The van der Waals surface area contributed by atoms with Gasteiger partial charge in [0.25, 0.3) is 0 Å². The minimum atomic E-state index is -3.25. The van der Waals surface area contributed by atoms with Gasteiger partial charge >= 0.3 is 10.2 Å². The molecular weight excluding hydrogens is 178 g/mol. The highest BCUT2D eigenvalue weighted by Crippen LogP contribution is 2.15. The van der Waals surface area contributed by atoms with Crippen molar-refractivity contribution in [3.8, 4) is 0 Å². The highest BCUT2D eigenvalue weighted by Gasteiger charge is 2.31. The smallest absolute Gasteiger partial charge is 0.301 e. The minimum Gasteiger partial charge on any atom is -0.366 e. The van der Waals surface area contributed by atoms with Crippen molar-refractivity contribution in [1.29, 1.82) is 0 Å². The largest absolute Gasteiger partial charge is 0.366 e. The van der Waals surface area contributed by atoms with Gasteiger partial charge in [0.2, 0.25) is 0 Å². The first kappa shape index (κ1) is 7.63. The van der Waals surface area contributed by atoms with E-state index in [0.29, 0.717) is 18.8 Å². The molecule has 1 aromatic heterocycles. The van der Waals surface area contributed by atoms with Crippen LogP contribution in [0.25, 0.3) is 0 Å². The van der Waals surface area contributed by atoms with Crippen LogP contribution in [-0.2, 0) is 10.2 Å². The van der Waals surface area contributed by atoms with Crippen molar-refractivity contribution in [3.63, 3.8) is 0 Å². The second-order valence-electron chi connectivity index (χ2n) is 2.61. The molecule has 0 aliphatic carbocycles. The number of nitrogens with one attached hydrogen (secondary N) is 2. The Morgan fingerprint density at radius 3 is 2.75 bits per heavy atom. The number of hydrogen-bond acceptors (Lipinski definition) is 2. The zero-order valence-corrected chi connectivity index (χ0v) is 7.13. The number of anilines is 1. The van der Waals surface area contributed by atoms with Crippen LogP contribution in [0.1, 0.15) is 0 Å². The van der Waals surface area contributed by atoms with Gasteiger partial charge in [-0.15, -0.1) is 0 Å². The average Bonchev–Trinajstić information content (AvgIpc) is 2.74. The molecule has 0 unspecified atom stereocenters. The van der Waals surface area contributed by atoms with Crippen molar-refractivity contribution in [3.05, 3.63) is 18.5 Å². The molecule has 66 valence electrons. The Morgan fingerprint density at radius 2 is 2.25 bits per heavy atom. The molecule has 1 aliphatic rings. The molecule has 0 aromatic carbocycles. The maximum absolute atomic E-state index is 11.3. The third-order valence-electron chi connectivity index (χ3n) is 1.59. The molecule has 0 spiro atoms. The van der Waals surface area contributed by atoms with Crippen molar-refractivity contribution in [2.75, 3.05) is 17.8 Å². The molecule has 0 atom stereocenters. The van der Waals surface area contributed by atoms with Gasteiger partial charge in [0.15, 0.2) is 0 Å². The van der Waals surface area contributed by atoms with Gasteiger partial charge in [0, 0.05) is 25.5 Å². The van der Waals surface area contributed by atoms with E-state index in [4.69, 9.17) is 0 Å². The number of nitrogens with zero attached hydrogens (tertiary/aromatic N) is 1. The van der Waals surface area contributed by atoms with Crippen molar-refractivity contribution >= 4 is 15.9 Å². The Hall–Kier alpha value is -1.01. The number of rotatable bonds is 3. The summed E-state index contributed by atoms with van der Waals surface area (Å²) in [5.74, 6) is 0. The fraction of sp³-hybridized carbons (Fsp3) is 0.333. The predicted molar refractivity (Wildman–Crippen MR) is 44.9 cm³/mol. The zero-order chi connectivity index (χ0) is 8.60. The molecule has 0 bridgehead atoms. The van der Waals surface area contributed by atoms with Crippen LogP contribution in [0.3, 0.4) is 0 Å². The van der Waals surface area contributed by atoms with Gasteiger partial charge in [-0.25, -0.2) is 0 Å². The van der Waals surface area contributed by atoms with E-state index in [1.54, 1.807) is 18.5 Å². The van der Waals surface area contributed by atoms with Gasteiger partial charge in [-0.2, -0.15) is 12.7 Å². The SMILES string of the molecule is O=S(=O)(Nc1cc[nH]c1)N1CC1. The summed E-state index contributed by atoms with van der Waals surface area (Å²) in [5, 5.41) is 0. The van der Waals surface area contributed by atoms with Gasteiger partial charge in [-0.1, -0.05) is 0 Å². The van der Waals surface area contributed by atoms with E-state index in [0.717, 1.165) is 0 Å². The van der Waals surface area contributed by atoms with Gasteiger partial charge in [-0.3, -0.25) is 4.72 Å². The fourth-order valence-corrected chi connectivity index (χ4v) is 2.00. The monoisotopic (exact) mass is 187 g/mol. The topological polar surface area (TPSA) is 65.0 Å². The Kier molecular flexibility index (Phi) is 1.59. The molecule has 1 fully saturated rings. The Bertz CT molecular complexity index is 352. The summed E-state index contributed by atoms with van der Waals surface area (Å²) in [4.78, 5) is 2.77. The third-order valence-corrected chi connectivity index (χ3v) is 3.13. The predicted octanol–water partition coefficient (Wildman–Crippen LogP) is -0.0130. The number of hydrogen-bond donors (Lipinski definition) is 2. The molecule has 0 amide bonds. The molecule has 2 N–H and O–H groups in total. The first-order valence-electron chi connectivity index (χ1n) is 3.59. The van der Waals surface area contributed by atoms with Crippen molar-refractivity contribution in [2.45, 2.75) is 0 Å². The maximum Gasteiger partial charge on any atom is 0.301 e. The molecule has 0 radical (unpaired) electrons. The lowest BCUT2D eigenvalue weighted by Gasteiger charge is -2.04. The van der Waals surface area contributed by atoms with Crippen LogP contribution in [0, 0.1) is 0 Å². The third kappa shape index (κ3) is 1.44. The Balaban J connectivity index is 2.12. The van der Waals surface area contributed by atoms with Crippen LogP contribution in [0.2, 0.25) is 0 Å². The normalized spacial score (nSPS) is 17.7. The Labute approximate surface area is 70.6 Å². The van der Waals surface area contributed by atoms with Gasteiger partial charge < -0.3 is 4.98 Å². The number of H-pyrrole nitrogens is 1. The van der Waals surface area contributed by atoms with Crippen molar-refractivity contribution < 1.29 is 8.42 Å². The molecule has 6 heteroatoms. The Morgan fingerprint density at radius 1 is 1.50 bits per heavy atom. The summed E-state index contributed by atoms with van der Waals surface area (Å²) in [7, 11) is -3.25. The second kappa shape index (κ2) is 2.49. The van der Waals surface area contributed by atoms with Crippen LogP contribution in [-0.4, -0.2) is 30.8 Å². The highest BCUT2D eigenvalue weighted by molar-refractivity contribution is 7.90. The highest BCUT2D eigenvalue weighted by atomic mass is 32.2. The first-order chi connectivity index (χ1) is 5.68. The summed E-state index contributed by atoms with van der Waals surface area (Å²) in [6, 6.07) is 1.67. The molecule has 2 rings (SSSR count). The molecule has 0 saturated carbocycles. The standard InChI is InChI=1S/C6H9N3O2S/c10-12(11,9-3-4-9)8-6-1-2-7-5-6/h1-2,5,7-8H,3-4H2. The fourth-order valence-electron chi connectivity index (χ4n) is 0.882. The zero-order valence-electron chi connectivity index (χ0n) is 6.32. The quantitative estimate of drug-likeness (QED) is 0.653. The molecule has 1 aliphatic heterocycles. The molecule has 1 aromatic rings. The minimum absolute atomic E-state index is 0.571. The first-order valence-corrected chi connectivity index (χ1v) is 5.03. The molecular formula is C6H9N3O2S. The molecule has 5 nitrogen and oxygen atoms in total. The molecule has 12 heavy (non-hydrogen) atoms. The summed E-state index contributed by atoms with van der Waals surface area (Å²) in [6.45, 7) is 1.25. The number of aromatic amines is 1. The van der Waals surface area contributed by atoms with E-state index in [1.165, 1.54) is 4.31 Å². The van der Waals surface area contributed by atoms with E-state index in [1.807, 2.05) is 0 Å². The summed E-state index contributed by atoms with van der Waals surface area (Å²) >= 11 is 0. The van der Waals surface area contributed by atoms with E-state index >= 15 is 0 Å². The maximum atomic E-state index is 11.3. The van der Waals surface area contributed by atoms with Crippen LogP contribution < -0.4 is 4.72 Å². The van der Waals surface area contributed by atoms with E-state index in [9.17, 15) is 8.42 Å². The summed E-state index contributed by atoms with van der Waals surface area (Å²) < 4.78 is 26.3. The summed E-state index contributed by atoms with van der Waals surface area (Å²) in [5.41, 5.74) is 0.571.